The van der Waals surface area contributed by atoms with Crippen molar-refractivity contribution in [2.45, 2.75) is 33.0 Å². The zero-order valence-electron chi connectivity index (χ0n) is 11.2. The first-order valence-corrected chi connectivity index (χ1v) is 6.89. The summed E-state index contributed by atoms with van der Waals surface area (Å²) in [5.74, 6) is 0.0487. The van der Waals surface area contributed by atoms with Crippen molar-refractivity contribution in [3.8, 4) is 0 Å². The van der Waals surface area contributed by atoms with E-state index in [1.54, 1.807) is 0 Å². The first kappa shape index (κ1) is 13.3. The molecule has 6 heteroatoms. The van der Waals surface area contributed by atoms with Crippen molar-refractivity contribution >= 4 is 22.4 Å². The minimum Gasteiger partial charge on any atom is -0.378 e. The van der Waals surface area contributed by atoms with Gasteiger partial charge in [0.1, 0.15) is 5.00 Å². The predicted octanol–water partition coefficient (Wildman–Crippen LogP) is 1.74. The summed E-state index contributed by atoms with van der Waals surface area (Å²) in [6.45, 7) is 7.14. The number of aryl methyl sites for hydroxylation is 1. The molecule has 5 nitrogen and oxygen atoms in total. The number of morpholine rings is 1. The van der Waals surface area contributed by atoms with Crippen LogP contribution in [0.25, 0.3) is 0 Å². The fraction of sp³-hybridized carbons (Fsp3) is 0.667. The standard InChI is InChI=1S/C12H19N3O2S/c1-7-5-15(6-8(2)17-7)12(16)10-9(3)14-18-11(10)13-4/h7-8,13H,5-6H2,1-4H3/t7-,8+. The number of ether oxygens (including phenoxy) is 1. The average Bonchev–Trinajstić information content (AvgIpc) is 2.68. The van der Waals surface area contributed by atoms with E-state index in [-0.39, 0.29) is 18.1 Å². The van der Waals surface area contributed by atoms with Crippen LogP contribution >= 0.6 is 11.5 Å². The molecular formula is C12H19N3O2S. The molecular weight excluding hydrogens is 250 g/mol. The Hall–Kier alpha value is -1.14. The maximum Gasteiger partial charge on any atom is 0.258 e. The molecule has 0 bridgehead atoms. The van der Waals surface area contributed by atoms with E-state index < -0.39 is 0 Å². The number of anilines is 1. The van der Waals surface area contributed by atoms with Crippen molar-refractivity contribution in [1.29, 1.82) is 0 Å². The van der Waals surface area contributed by atoms with E-state index in [9.17, 15) is 4.79 Å². The van der Waals surface area contributed by atoms with Gasteiger partial charge in [-0.25, -0.2) is 0 Å². The number of aromatic nitrogens is 1. The number of nitrogens with zero attached hydrogens (tertiary/aromatic N) is 2. The maximum atomic E-state index is 12.5. The molecule has 0 aliphatic carbocycles. The highest BCUT2D eigenvalue weighted by molar-refractivity contribution is 7.10. The second kappa shape index (κ2) is 5.24. The third-order valence-electron chi connectivity index (χ3n) is 3.01. The molecule has 2 atom stereocenters. The molecule has 1 aromatic heterocycles. The second-order valence-electron chi connectivity index (χ2n) is 4.69. The van der Waals surface area contributed by atoms with Crippen molar-refractivity contribution in [3.05, 3.63) is 11.3 Å². The van der Waals surface area contributed by atoms with Crippen LogP contribution in [0.5, 0.6) is 0 Å². The predicted molar refractivity (Wildman–Crippen MR) is 72.3 cm³/mol. The van der Waals surface area contributed by atoms with Gasteiger partial charge in [-0.05, 0) is 32.3 Å². The highest BCUT2D eigenvalue weighted by Crippen LogP contribution is 2.26. The molecule has 1 aromatic rings. The van der Waals surface area contributed by atoms with Crippen LogP contribution in [-0.2, 0) is 4.74 Å². The minimum atomic E-state index is 0.0487. The van der Waals surface area contributed by atoms with E-state index in [0.717, 1.165) is 10.7 Å². The van der Waals surface area contributed by atoms with Crippen LogP contribution in [0.2, 0.25) is 0 Å². The summed E-state index contributed by atoms with van der Waals surface area (Å²) < 4.78 is 9.89. The Morgan fingerprint density at radius 1 is 1.44 bits per heavy atom. The molecule has 0 aromatic carbocycles. The third kappa shape index (κ3) is 2.49. The lowest BCUT2D eigenvalue weighted by Crippen LogP contribution is -2.48. The Bertz CT molecular complexity index is 437. The van der Waals surface area contributed by atoms with E-state index in [1.165, 1.54) is 11.5 Å². The molecule has 0 unspecified atom stereocenters. The van der Waals surface area contributed by atoms with Gasteiger partial charge in [-0.1, -0.05) is 0 Å². The summed E-state index contributed by atoms with van der Waals surface area (Å²) in [7, 11) is 1.81. The summed E-state index contributed by atoms with van der Waals surface area (Å²) in [5, 5.41) is 3.87. The number of rotatable bonds is 2. The monoisotopic (exact) mass is 269 g/mol. The number of hydrogen-bond acceptors (Lipinski definition) is 5. The largest absolute Gasteiger partial charge is 0.378 e. The van der Waals surface area contributed by atoms with Gasteiger partial charge in [-0.2, -0.15) is 4.37 Å². The van der Waals surface area contributed by atoms with Crippen LogP contribution in [-0.4, -0.2) is 47.5 Å². The van der Waals surface area contributed by atoms with Crippen LogP contribution in [0, 0.1) is 6.92 Å². The molecule has 0 spiro atoms. The summed E-state index contributed by atoms with van der Waals surface area (Å²) in [4.78, 5) is 14.4. The smallest absolute Gasteiger partial charge is 0.258 e. The molecule has 1 amide bonds. The SMILES string of the molecule is CNc1snc(C)c1C(=O)N1C[C@@H](C)O[C@@H](C)C1. The third-order valence-corrected chi connectivity index (χ3v) is 3.97. The fourth-order valence-electron chi connectivity index (χ4n) is 2.29. The molecule has 18 heavy (non-hydrogen) atoms. The molecule has 2 heterocycles. The van der Waals surface area contributed by atoms with E-state index in [4.69, 9.17) is 4.74 Å². The Morgan fingerprint density at radius 2 is 2.06 bits per heavy atom. The van der Waals surface area contributed by atoms with Gasteiger partial charge in [-0.3, -0.25) is 4.79 Å². The average molecular weight is 269 g/mol. The highest BCUT2D eigenvalue weighted by atomic mass is 32.1. The molecule has 0 radical (unpaired) electrons. The Balaban J connectivity index is 2.22. The summed E-state index contributed by atoms with van der Waals surface area (Å²) >= 11 is 1.33. The summed E-state index contributed by atoms with van der Waals surface area (Å²) in [6.07, 6.45) is 0.172. The van der Waals surface area contributed by atoms with E-state index in [1.807, 2.05) is 32.7 Å². The lowest BCUT2D eigenvalue weighted by atomic mass is 10.1. The van der Waals surface area contributed by atoms with Crippen molar-refractivity contribution in [2.75, 3.05) is 25.5 Å². The number of nitrogens with one attached hydrogen (secondary N) is 1. The molecule has 1 aliphatic heterocycles. The molecule has 100 valence electrons. The molecule has 1 N–H and O–H groups in total. The zero-order valence-corrected chi connectivity index (χ0v) is 12.0. The van der Waals surface area contributed by atoms with Gasteiger partial charge >= 0.3 is 0 Å². The number of carbonyl (C=O) groups is 1. The topological polar surface area (TPSA) is 54.5 Å². The van der Waals surface area contributed by atoms with Crippen LogP contribution in [0.3, 0.4) is 0 Å². The number of hydrogen-bond donors (Lipinski definition) is 1. The van der Waals surface area contributed by atoms with Crippen molar-refractivity contribution < 1.29 is 9.53 Å². The van der Waals surface area contributed by atoms with E-state index >= 15 is 0 Å². The van der Waals surface area contributed by atoms with Crippen LogP contribution in [0.1, 0.15) is 29.9 Å². The van der Waals surface area contributed by atoms with Crippen LogP contribution < -0.4 is 5.32 Å². The molecule has 2 rings (SSSR count). The molecule has 1 aliphatic rings. The molecule has 1 fully saturated rings. The van der Waals surface area contributed by atoms with Gasteiger partial charge in [0.15, 0.2) is 0 Å². The van der Waals surface area contributed by atoms with Crippen molar-refractivity contribution in [2.24, 2.45) is 0 Å². The zero-order chi connectivity index (χ0) is 13.3. The number of carbonyl (C=O) groups excluding carboxylic acids is 1. The normalized spacial score (nSPS) is 24.1. The quantitative estimate of drug-likeness (QED) is 0.888. The van der Waals surface area contributed by atoms with Gasteiger partial charge in [-0.15, -0.1) is 0 Å². The van der Waals surface area contributed by atoms with Crippen LogP contribution in [0.15, 0.2) is 0 Å². The fourth-order valence-corrected chi connectivity index (χ4v) is 3.03. The van der Waals surface area contributed by atoms with Crippen molar-refractivity contribution in [1.82, 2.24) is 9.27 Å². The first-order valence-electron chi connectivity index (χ1n) is 6.11. The molecule has 0 saturated carbocycles. The lowest BCUT2D eigenvalue weighted by molar-refractivity contribution is -0.0586. The summed E-state index contributed by atoms with van der Waals surface area (Å²) in [5.41, 5.74) is 1.49. The second-order valence-corrected chi connectivity index (χ2v) is 5.46. The van der Waals surface area contributed by atoms with Crippen LogP contribution in [0.4, 0.5) is 5.00 Å². The Kier molecular flexibility index (Phi) is 3.87. The van der Waals surface area contributed by atoms with E-state index in [2.05, 4.69) is 9.69 Å². The van der Waals surface area contributed by atoms with E-state index in [0.29, 0.717) is 18.7 Å². The van der Waals surface area contributed by atoms with Gasteiger partial charge < -0.3 is 15.0 Å². The van der Waals surface area contributed by atoms with Gasteiger partial charge in [0.05, 0.1) is 23.5 Å². The van der Waals surface area contributed by atoms with Gasteiger partial charge in [0, 0.05) is 20.1 Å². The first-order chi connectivity index (χ1) is 8.52. The number of amides is 1. The highest BCUT2D eigenvalue weighted by Gasteiger charge is 2.29. The van der Waals surface area contributed by atoms with Gasteiger partial charge in [0.2, 0.25) is 0 Å². The molecule has 1 saturated heterocycles. The Morgan fingerprint density at radius 3 is 2.61 bits per heavy atom. The summed E-state index contributed by atoms with van der Waals surface area (Å²) in [6, 6.07) is 0. The Labute approximate surface area is 111 Å². The maximum absolute atomic E-state index is 12.5. The van der Waals surface area contributed by atoms with Crippen molar-refractivity contribution in [3.63, 3.8) is 0 Å². The van der Waals surface area contributed by atoms with Gasteiger partial charge in [0.25, 0.3) is 5.91 Å². The minimum absolute atomic E-state index is 0.0487. The lowest BCUT2D eigenvalue weighted by Gasteiger charge is -2.35.